The highest BCUT2D eigenvalue weighted by Crippen LogP contribution is 2.23. The topological polar surface area (TPSA) is 74.6 Å². The molecule has 0 atom stereocenters. The van der Waals surface area contributed by atoms with Gasteiger partial charge in [-0.05, 0) is 67.3 Å². The Bertz CT molecular complexity index is 1230. The van der Waals surface area contributed by atoms with E-state index in [0.717, 1.165) is 22.3 Å². The fraction of sp³-hybridized carbons (Fsp3) is 0.103. The molecule has 0 bridgehead atoms. The van der Waals surface area contributed by atoms with Crippen molar-refractivity contribution in [3.8, 4) is 22.3 Å². The minimum absolute atomic E-state index is 0.316. The summed E-state index contributed by atoms with van der Waals surface area (Å²) in [5, 5.41) is 17.6. The van der Waals surface area contributed by atoms with Gasteiger partial charge in [0.2, 0.25) is 0 Å². The highest BCUT2D eigenvalue weighted by molar-refractivity contribution is 5.89. The quantitative estimate of drug-likeness (QED) is 0.359. The van der Waals surface area contributed by atoms with Crippen LogP contribution in [0.5, 0.6) is 0 Å². The molecule has 0 fully saturated rings. The lowest BCUT2D eigenvalue weighted by molar-refractivity contribution is 0.0686. The van der Waals surface area contributed by atoms with Crippen molar-refractivity contribution in [3.05, 3.63) is 119 Å². The molecule has 0 saturated heterocycles. The maximum absolute atomic E-state index is 10.8. The van der Waals surface area contributed by atoms with Gasteiger partial charge in [-0.1, -0.05) is 83.4 Å². The molecule has 4 aromatic carbocycles. The van der Waals surface area contributed by atoms with Crippen LogP contribution in [0.4, 0.5) is 0 Å². The van der Waals surface area contributed by atoms with Gasteiger partial charge in [0, 0.05) is 0 Å². The molecule has 0 saturated carbocycles. The van der Waals surface area contributed by atoms with Gasteiger partial charge in [0.05, 0.1) is 11.1 Å². The van der Waals surface area contributed by atoms with Crippen molar-refractivity contribution in [2.45, 2.75) is 20.8 Å². The second kappa shape index (κ2) is 10.4. The van der Waals surface area contributed by atoms with Gasteiger partial charge in [0.15, 0.2) is 0 Å². The number of hydrogen-bond donors (Lipinski definition) is 2. The van der Waals surface area contributed by atoms with Crippen LogP contribution >= 0.6 is 0 Å². The third kappa shape index (κ3) is 6.40. The number of aryl methyl sites for hydroxylation is 3. The zero-order valence-electron chi connectivity index (χ0n) is 18.9. The monoisotopic (exact) mass is 438 g/mol. The second-order valence-corrected chi connectivity index (χ2v) is 8.01. The lowest BCUT2D eigenvalue weighted by atomic mass is 10.00. The summed E-state index contributed by atoms with van der Waals surface area (Å²) in [5.41, 5.74) is 8.57. The molecule has 0 aliphatic rings. The third-order valence-electron chi connectivity index (χ3n) is 5.20. The van der Waals surface area contributed by atoms with E-state index in [0.29, 0.717) is 11.1 Å². The molecule has 0 heterocycles. The smallest absolute Gasteiger partial charge is 0.335 e. The summed E-state index contributed by atoms with van der Waals surface area (Å²) in [7, 11) is 0. The Morgan fingerprint density at radius 2 is 0.788 bits per heavy atom. The van der Waals surface area contributed by atoms with Crippen LogP contribution < -0.4 is 0 Å². The molecule has 0 radical (unpaired) electrons. The molecule has 0 aliphatic heterocycles. The predicted octanol–water partition coefficient (Wildman–Crippen LogP) is 7.03. The Morgan fingerprint density at radius 3 is 1.15 bits per heavy atom. The molecule has 4 rings (SSSR count). The SMILES string of the molecule is Cc1cc(C)cc(-c2ccc(C(=O)O)cc2)c1.Cc1ccc(-c2ccc(C(=O)O)cc2)cc1. The van der Waals surface area contributed by atoms with E-state index in [9.17, 15) is 9.59 Å². The maximum Gasteiger partial charge on any atom is 0.335 e. The lowest BCUT2D eigenvalue weighted by Crippen LogP contribution is -1.95. The summed E-state index contributed by atoms with van der Waals surface area (Å²) < 4.78 is 0. The molecular formula is C29H26O4. The van der Waals surface area contributed by atoms with E-state index in [-0.39, 0.29) is 0 Å². The van der Waals surface area contributed by atoms with Gasteiger partial charge < -0.3 is 10.2 Å². The summed E-state index contributed by atoms with van der Waals surface area (Å²) in [6, 6.07) is 28.3. The van der Waals surface area contributed by atoms with Gasteiger partial charge in [0.25, 0.3) is 0 Å². The molecule has 33 heavy (non-hydrogen) atoms. The standard InChI is InChI=1S/C15H14O2.C14H12O2/c1-10-7-11(2)9-14(8-10)12-3-5-13(6-4-12)15(16)17;1-10-2-4-11(5-3-10)12-6-8-13(9-7-12)14(15)16/h3-9H,1-2H3,(H,16,17);2-9H,1H3,(H,15,16). The maximum atomic E-state index is 10.8. The highest BCUT2D eigenvalue weighted by Gasteiger charge is 2.04. The fourth-order valence-corrected chi connectivity index (χ4v) is 3.50. The van der Waals surface area contributed by atoms with Gasteiger partial charge in [-0.15, -0.1) is 0 Å². The van der Waals surface area contributed by atoms with Crippen LogP contribution in [0.15, 0.2) is 91.0 Å². The average molecular weight is 439 g/mol. The first kappa shape index (κ1) is 23.5. The summed E-state index contributed by atoms with van der Waals surface area (Å²) in [5.74, 6) is -1.78. The van der Waals surface area contributed by atoms with Gasteiger partial charge >= 0.3 is 11.9 Å². The number of carboxylic acid groups (broad SMARTS) is 2. The zero-order chi connectivity index (χ0) is 24.0. The number of hydrogen-bond acceptors (Lipinski definition) is 2. The molecule has 166 valence electrons. The van der Waals surface area contributed by atoms with Crippen LogP contribution in [0.1, 0.15) is 37.4 Å². The van der Waals surface area contributed by atoms with E-state index >= 15 is 0 Å². The first-order chi connectivity index (χ1) is 15.7. The number of rotatable bonds is 4. The van der Waals surface area contributed by atoms with Crippen molar-refractivity contribution < 1.29 is 19.8 Å². The molecule has 2 N–H and O–H groups in total. The van der Waals surface area contributed by atoms with Crippen molar-refractivity contribution in [3.63, 3.8) is 0 Å². The van der Waals surface area contributed by atoms with Crippen molar-refractivity contribution >= 4 is 11.9 Å². The molecule has 0 amide bonds. The largest absolute Gasteiger partial charge is 0.478 e. The zero-order valence-corrected chi connectivity index (χ0v) is 18.9. The molecule has 0 unspecified atom stereocenters. The minimum atomic E-state index is -0.893. The molecule has 0 spiro atoms. The van der Waals surface area contributed by atoms with Crippen LogP contribution in [0.3, 0.4) is 0 Å². The fourth-order valence-electron chi connectivity index (χ4n) is 3.50. The van der Waals surface area contributed by atoms with Crippen LogP contribution in [0.2, 0.25) is 0 Å². The number of aromatic carboxylic acids is 2. The van der Waals surface area contributed by atoms with Crippen molar-refractivity contribution in [1.29, 1.82) is 0 Å². The molecule has 4 heteroatoms. The Balaban J connectivity index is 0.000000186. The van der Waals surface area contributed by atoms with Crippen LogP contribution in [-0.4, -0.2) is 22.2 Å². The summed E-state index contributed by atoms with van der Waals surface area (Å²) in [6.07, 6.45) is 0. The summed E-state index contributed by atoms with van der Waals surface area (Å²) in [6.45, 7) is 6.15. The van der Waals surface area contributed by atoms with Crippen molar-refractivity contribution in [2.24, 2.45) is 0 Å². The van der Waals surface area contributed by atoms with E-state index < -0.39 is 11.9 Å². The number of benzene rings is 4. The summed E-state index contributed by atoms with van der Waals surface area (Å²) in [4.78, 5) is 21.5. The van der Waals surface area contributed by atoms with Gasteiger partial charge in [-0.25, -0.2) is 9.59 Å². The lowest BCUT2D eigenvalue weighted by Gasteiger charge is -2.05. The average Bonchev–Trinajstić information content (AvgIpc) is 2.79. The normalized spacial score (nSPS) is 10.2. The van der Waals surface area contributed by atoms with Gasteiger partial charge in [-0.3, -0.25) is 0 Å². The molecule has 0 aliphatic carbocycles. The molecular weight excluding hydrogens is 412 g/mol. The first-order valence-electron chi connectivity index (χ1n) is 10.6. The Morgan fingerprint density at radius 1 is 0.455 bits per heavy atom. The summed E-state index contributed by atoms with van der Waals surface area (Å²) >= 11 is 0. The van der Waals surface area contributed by atoms with Crippen LogP contribution in [0.25, 0.3) is 22.3 Å². The van der Waals surface area contributed by atoms with Gasteiger partial charge in [0.1, 0.15) is 0 Å². The van der Waals surface area contributed by atoms with Crippen LogP contribution in [-0.2, 0) is 0 Å². The Labute approximate surface area is 193 Å². The Hall–Kier alpha value is -4.18. The minimum Gasteiger partial charge on any atom is -0.478 e. The van der Waals surface area contributed by atoms with Gasteiger partial charge in [-0.2, -0.15) is 0 Å². The Kier molecular flexibility index (Phi) is 7.42. The number of carboxylic acids is 2. The highest BCUT2D eigenvalue weighted by atomic mass is 16.4. The van der Waals surface area contributed by atoms with E-state index in [1.807, 2.05) is 55.5 Å². The van der Waals surface area contributed by atoms with Crippen LogP contribution in [0, 0.1) is 20.8 Å². The van der Waals surface area contributed by atoms with Crippen molar-refractivity contribution in [1.82, 2.24) is 0 Å². The van der Waals surface area contributed by atoms with E-state index in [2.05, 4.69) is 32.0 Å². The predicted molar refractivity (Wildman–Crippen MR) is 132 cm³/mol. The molecule has 4 nitrogen and oxygen atoms in total. The van der Waals surface area contributed by atoms with E-state index in [1.54, 1.807) is 24.3 Å². The van der Waals surface area contributed by atoms with E-state index in [4.69, 9.17) is 10.2 Å². The molecule has 4 aromatic rings. The first-order valence-corrected chi connectivity index (χ1v) is 10.6. The number of carbonyl (C=O) groups is 2. The van der Waals surface area contributed by atoms with E-state index in [1.165, 1.54) is 16.7 Å². The van der Waals surface area contributed by atoms with Crippen molar-refractivity contribution in [2.75, 3.05) is 0 Å². The second-order valence-electron chi connectivity index (χ2n) is 8.01. The molecule has 0 aromatic heterocycles. The third-order valence-corrected chi connectivity index (χ3v) is 5.20.